The Morgan fingerprint density at radius 2 is 2.06 bits per heavy atom. The molecular weight excluding hydrogens is 196 g/mol. The largest absolute Gasteiger partial charge is 0.282 e. The van der Waals surface area contributed by atoms with Gasteiger partial charge in [-0.25, -0.2) is 0 Å². The summed E-state index contributed by atoms with van der Waals surface area (Å²) in [4.78, 5) is 0. The molecule has 0 aliphatic rings. The number of aryl methyl sites for hydroxylation is 1. The van der Waals surface area contributed by atoms with Crippen molar-refractivity contribution in [2.45, 2.75) is 33.1 Å². The van der Waals surface area contributed by atoms with E-state index in [0.717, 1.165) is 12.1 Å². The molecule has 16 heavy (non-hydrogen) atoms. The van der Waals surface area contributed by atoms with Crippen molar-refractivity contribution in [3.8, 4) is 11.3 Å². The first-order valence-corrected chi connectivity index (χ1v) is 5.85. The molecule has 0 bridgehead atoms. The van der Waals surface area contributed by atoms with Gasteiger partial charge in [0, 0.05) is 11.3 Å². The van der Waals surface area contributed by atoms with Crippen molar-refractivity contribution < 1.29 is 0 Å². The molecule has 0 amide bonds. The summed E-state index contributed by atoms with van der Waals surface area (Å²) >= 11 is 0. The first-order chi connectivity index (χ1) is 7.70. The average molecular weight is 214 g/mol. The van der Waals surface area contributed by atoms with Gasteiger partial charge >= 0.3 is 0 Å². The molecule has 2 heteroatoms. The van der Waals surface area contributed by atoms with E-state index < -0.39 is 0 Å². The summed E-state index contributed by atoms with van der Waals surface area (Å²) in [6.45, 7) is 6.50. The molecule has 84 valence electrons. The van der Waals surface area contributed by atoms with Gasteiger partial charge in [-0.2, -0.15) is 5.10 Å². The lowest BCUT2D eigenvalue weighted by molar-refractivity contribution is 0.811. The van der Waals surface area contributed by atoms with Crippen LogP contribution in [0.2, 0.25) is 0 Å². The van der Waals surface area contributed by atoms with Gasteiger partial charge in [-0.05, 0) is 30.0 Å². The summed E-state index contributed by atoms with van der Waals surface area (Å²) in [5.74, 6) is 0.496. The smallest absolute Gasteiger partial charge is 0.0923 e. The summed E-state index contributed by atoms with van der Waals surface area (Å²) in [7, 11) is 0. The van der Waals surface area contributed by atoms with E-state index in [-0.39, 0.29) is 0 Å². The molecule has 2 nitrogen and oxygen atoms in total. The third-order valence-corrected chi connectivity index (χ3v) is 2.85. The second-order valence-electron chi connectivity index (χ2n) is 4.42. The van der Waals surface area contributed by atoms with E-state index in [2.05, 4.69) is 61.3 Å². The summed E-state index contributed by atoms with van der Waals surface area (Å²) in [5, 5.41) is 7.45. The van der Waals surface area contributed by atoms with Crippen LogP contribution in [0.1, 0.15) is 37.9 Å². The Bertz CT molecular complexity index is 469. The van der Waals surface area contributed by atoms with Gasteiger partial charge in [0.2, 0.25) is 0 Å². The third kappa shape index (κ3) is 2.16. The number of benzene rings is 1. The maximum Gasteiger partial charge on any atom is 0.0923 e. The zero-order valence-corrected chi connectivity index (χ0v) is 10.1. The Balaban J connectivity index is 2.34. The normalized spacial score (nSPS) is 11.0. The molecule has 0 aliphatic heterocycles. The Morgan fingerprint density at radius 3 is 2.69 bits per heavy atom. The predicted molar refractivity (Wildman–Crippen MR) is 67.5 cm³/mol. The van der Waals surface area contributed by atoms with Crippen LogP contribution in [-0.4, -0.2) is 10.2 Å². The average Bonchev–Trinajstić information content (AvgIpc) is 2.78. The standard InChI is InChI=1S/C14H18N2/c1-4-11-6-5-7-12(8-11)14-9-13(10(2)3)15-16-14/h5-10H,4H2,1-3H3,(H,15,16). The molecule has 0 saturated carbocycles. The minimum atomic E-state index is 0.496. The van der Waals surface area contributed by atoms with E-state index in [4.69, 9.17) is 0 Å². The predicted octanol–water partition coefficient (Wildman–Crippen LogP) is 3.76. The lowest BCUT2D eigenvalue weighted by Gasteiger charge is -2.00. The summed E-state index contributed by atoms with van der Waals surface area (Å²) < 4.78 is 0. The highest BCUT2D eigenvalue weighted by Crippen LogP contribution is 2.22. The van der Waals surface area contributed by atoms with Crippen LogP contribution in [0.25, 0.3) is 11.3 Å². The van der Waals surface area contributed by atoms with E-state index in [1.807, 2.05) is 0 Å². The fraction of sp³-hybridized carbons (Fsp3) is 0.357. The van der Waals surface area contributed by atoms with Gasteiger partial charge in [0.25, 0.3) is 0 Å². The molecule has 0 aliphatic carbocycles. The maximum atomic E-state index is 4.36. The fourth-order valence-corrected chi connectivity index (χ4v) is 1.73. The van der Waals surface area contributed by atoms with Gasteiger partial charge < -0.3 is 0 Å². The monoisotopic (exact) mass is 214 g/mol. The molecule has 0 fully saturated rings. The molecule has 1 N–H and O–H groups in total. The summed E-state index contributed by atoms with van der Waals surface area (Å²) in [5.41, 5.74) is 4.78. The molecule has 0 unspecified atom stereocenters. The molecule has 0 saturated heterocycles. The Kier molecular flexibility index (Phi) is 3.09. The van der Waals surface area contributed by atoms with Crippen molar-refractivity contribution in [3.63, 3.8) is 0 Å². The van der Waals surface area contributed by atoms with Crippen LogP contribution in [0.3, 0.4) is 0 Å². The minimum Gasteiger partial charge on any atom is -0.282 e. The van der Waals surface area contributed by atoms with E-state index >= 15 is 0 Å². The first-order valence-electron chi connectivity index (χ1n) is 5.85. The Morgan fingerprint density at radius 1 is 1.25 bits per heavy atom. The van der Waals surface area contributed by atoms with E-state index in [0.29, 0.717) is 5.92 Å². The van der Waals surface area contributed by atoms with Crippen molar-refractivity contribution >= 4 is 0 Å². The quantitative estimate of drug-likeness (QED) is 0.828. The second kappa shape index (κ2) is 4.52. The minimum absolute atomic E-state index is 0.496. The summed E-state index contributed by atoms with van der Waals surface area (Å²) in [6, 6.07) is 10.7. The second-order valence-corrected chi connectivity index (χ2v) is 4.42. The van der Waals surface area contributed by atoms with Crippen LogP contribution >= 0.6 is 0 Å². The van der Waals surface area contributed by atoms with Gasteiger partial charge in [-0.15, -0.1) is 0 Å². The topological polar surface area (TPSA) is 28.7 Å². The number of aromatic amines is 1. The SMILES string of the molecule is CCc1cccc(-c2cc(C(C)C)[nH]n2)c1. The molecule has 2 rings (SSSR count). The number of rotatable bonds is 3. The van der Waals surface area contributed by atoms with Gasteiger partial charge in [-0.1, -0.05) is 39.0 Å². The van der Waals surface area contributed by atoms with Crippen molar-refractivity contribution in [2.75, 3.05) is 0 Å². The molecule has 0 atom stereocenters. The molecule has 1 aromatic heterocycles. The number of nitrogens with one attached hydrogen (secondary N) is 1. The van der Waals surface area contributed by atoms with Gasteiger partial charge in [-0.3, -0.25) is 5.10 Å². The van der Waals surface area contributed by atoms with E-state index in [1.165, 1.54) is 16.8 Å². The first kappa shape index (κ1) is 10.9. The van der Waals surface area contributed by atoms with Gasteiger partial charge in [0.05, 0.1) is 5.69 Å². The van der Waals surface area contributed by atoms with Crippen molar-refractivity contribution in [3.05, 3.63) is 41.6 Å². The molecule has 1 heterocycles. The highest BCUT2D eigenvalue weighted by molar-refractivity contribution is 5.60. The molecule has 2 aromatic rings. The third-order valence-electron chi connectivity index (χ3n) is 2.85. The number of aromatic nitrogens is 2. The van der Waals surface area contributed by atoms with Gasteiger partial charge in [0.1, 0.15) is 0 Å². The number of nitrogens with zero attached hydrogens (tertiary/aromatic N) is 1. The van der Waals surface area contributed by atoms with Crippen molar-refractivity contribution in [1.82, 2.24) is 10.2 Å². The van der Waals surface area contributed by atoms with Crippen LogP contribution < -0.4 is 0 Å². The molecular formula is C14H18N2. The van der Waals surface area contributed by atoms with Crippen LogP contribution in [-0.2, 0) is 6.42 Å². The molecule has 0 radical (unpaired) electrons. The molecule has 1 aromatic carbocycles. The van der Waals surface area contributed by atoms with Crippen molar-refractivity contribution in [2.24, 2.45) is 0 Å². The number of hydrogen-bond acceptors (Lipinski definition) is 1. The zero-order valence-electron chi connectivity index (χ0n) is 10.1. The van der Waals surface area contributed by atoms with Gasteiger partial charge in [0.15, 0.2) is 0 Å². The highest BCUT2D eigenvalue weighted by atomic mass is 15.1. The van der Waals surface area contributed by atoms with Crippen LogP contribution in [0.5, 0.6) is 0 Å². The number of hydrogen-bond donors (Lipinski definition) is 1. The van der Waals surface area contributed by atoms with Crippen molar-refractivity contribution in [1.29, 1.82) is 0 Å². The highest BCUT2D eigenvalue weighted by Gasteiger charge is 2.06. The lowest BCUT2D eigenvalue weighted by atomic mass is 10.0. The van der Waals surface area contributed by atoms with Crippen LogP contribution in [0, 0.1) is 0 Å². The Hall–Kier alpha value is -1.57. The zero-order chi connectivity index (χ0) is 11.5. The lowest BCUT2D eigenvalue weighted by Crippen LogP contribution is -1.85. The van der Waals surface area contributed by atoms with E-state index in [1.54, 1.807) is 0 Å². The van der Waals surface area contributed by atoms with E-state index in [9.17, 15) is 0 Å². The summed E-state index contributed by atoms with van der Waals surface area (Å²) in [6.07, 6.45) is 1.06. The van der Waals surface area contributed by atoms with Crippen LogP contribution in [0.15, 0.2) is 30.3 Å². The maximum absolute atomic E-state index is 4.36. The molecule has 0 spiro atoms. The number of H-pyrrole nitrogens is 1. The Labute approximate surface area is 96.7 Å². The van der Waals surface area contributed by atoms with Crippen LogP contribution in [0.4, 0.5) is 0 Å². The fourth-order valence-electron chi connectivity index (χ4n) is 1.73.